The van der Waals surface area contributed by atoms with Gasteiger partial charge in [-0.3, -0.25) is 13.8 Å². The Bertz CT molecular complexity index is 1270. The average molecular weight is 481 g/mol. The molecule has 7 nitrogen and oxygen atoms in total. The minimum atomic E-state index is -4.50. The third-order valence-electron chi connectivity index (χ3n) is 5.10. The highest BCUT2D eigenvalue weighted by Gasteiger charge is 2.33. The molecule has 0 saturated carbocycles. The SMILES string of the molecule is Cc1ccc(N(CC(=O)Nc2ccc(C(F)(F)F)cc2)S(=O)(=O)c2c(C)nn(C)c2C)cc1. The molecule has 1 heterocycles. The summed E-state index contributed by atoms with van der Waals surface area (Å²) in [5.41, 5.74) is 1.13. The van der Waals surface area contributed by atoms with Gasteiger partial charge < -0.3 is 5.32 Å². The van der Waals surface area contributed by atoms with E-state index in [0.717, 1.165) is 34.1 Å². The van der Waals surface area contributed by atoms with Crippen molar-refractivity contribution in [2.24, 2.45) is 7.05 Å². The van der Waals surface area contributed by atoms with Gasteiger partial charge in [0.2, 0.25) is 5.91 Å². The largest absolute Gasteiger partial charge is 0.416 e. The Hall–Kier alpha value is -3.34. The summed E-state index contributed by atoms with van der Waals surface area (Å²) < 4.78 is 67.9. The molecule has 176 valence electrons. The molecule has 11 heteroatoms. The Morgan fingerprint density at radius 2 is 1.61 bits per heavy atom. The predicted molar refractivity (Wildman–Crippen MR) is 118 cm³/mol. The maximum Gasteiger partial charge on any atom is 0.416 e. The molecule has 0 spiro atoms. The lowest BCUT2D eigenvalue weighted by Gasteiger charge is -2.24. The molecule has 0 unspecified atom stereocenters. The topological polar surface area (TPSA) is 84.3 Å². The zero-order valence-electron chi connectivity index (χ0n) is 18.4. The van der Waals surface area contributed by atoms with Gasteiger partial charge in [0.15, 0.2) is 0 Å². The summed E-state index contributed by atoms with van der Waals surface area (Å²) in [6, 6.07) is 10.5. The normalized spacial score (nSPS) is 12.0. The van der Waals surface area contributed by atoms with Gasteiger partial charge in [-0.1, -0.05) is 17.7 Å². The van der Waals surface area contributed by atoms with Crippen LogP contribution in [0.2, 0.25) is 0 Å². The Morgan fingerprint density at radius 1 is 1.03 bits per heavy atom. The Balaban J connectivity index is 1.94. The summed E-state index contributed by atoms with van der Waals surface area (Å²) in [4.78, 5) is 12.7. The van der Waals surface area contributed by atoms with Crippen molar-refractivity contribution in [3.05, 3.63) is 71.0 Å². The van der Waals surface area contributed by atoms with Crippen LogP contribution in [0.1, 0.15) is 22.5 Å². The molecule has 1 amide bonds. The highest BCUT2D eigenvalue weighted by Crippen LogP contribution is 2.30. The number of carbonyl (C=O) groups excluding carboxylic acids is 1. The molecular weight excluding hydrogens is 457 g/mol. The van der Waals surface area contributed by atoms with Crippen molar-refractivity contribution in [1.82, 2.24) is 9.78 Å². The second-order valence-electron chi connectivity index (χ2n) is 7.59. The number of hydrogen-bond acceptors (Lipinski definition) is 4. The predicted octanol–water partition coefficient (Wildman–Crippen LogP) is 4.20. The van der Waals surface area contributed by atoms with Crippen LogP contribution in [0.5, 0.6) is 0 Å². The molecule has 1 aromatic heterocycles. The highest BCUT2D eigenvalue weighted by molar-refractivity contribution is 7.93. The summed E-state index contributed by atoms with van der Waals surface area (Å²) in [6.07, 6.45) is -4.50. The monoisotopic (exact) mass is 480 g/mol. The van der Waals surface area contributed by atoms with Crippen LogP contribution in [0, 0.1) is 20.8 Å². The van der Waals surface area contributed by atoms with E-state index in [1.165, 1.54) is 4.68 Å². The highest BCUT2D eigenvalue weighted by atomic mass is 32.2. The Morgan fingerprint density at radius 3 is 2.09 bits per heavy atom. The van der Waals surface area contributed by atoms with Gasteiger partial charge in [-0.15, -0.1) is 0 Å². The van der Waals surface area contributed by atoms with Gasteiger partial charge in [0, 0.05) is 12.7 Å². The van der Waals surface area contributed by atoms with Gasteiger partial charge >= 0.3 is 6.18 Å². The number of amides is 1. The number of rotatable bonds is 6. The van der Waals surface area contributed by atoms with Crippen LogP contribution in [0.15, 0.2) is 53.4 Å². The molecule has 0 bridgehead atoms. The molecule has 0 saturated heterocycles. The summed E-state index contributed by atoms with van der Waals surface area (Å²) in [5.74, 6) is -0.710. The van der Waals surface area contributed by atoms with Crippen LogP contribution >= 0.6 is 0 Å². The van der Waals surface area contributed by atoms with E-state index < -0.39 is 34.2 Å². The van der Waals surface area contributed by atoms with Crippen molar-refractivity contribution < 1.29 is 26.4 Å². The fourth-order valence-electron chi connectivity index (χ4n) is 3.34. The van der Waals surface area contributed by atoms with E-state index in [-0.39, 0.29) is 22.0 Å². The summed E-state index contributed by atoms with van der Waals surface area (Å²) in [6.45, 7) is 4.44. The third-order valence-corrected chi connectivity index (χ3v) is 7.12. The number of anilines is 2. The van der Waals surface area contributed by atoms with Gasteiger partial charge in [0.25, 0.3) is 10.0 Å². The van der Waals surface area contributed by atoms with E-state index in [0.29, 0.717) is 5.69 Å². The summed E-state index contributed by atoms with van der Waals surface area (Å²) in [5, 5.41) is 6.62. The maximum absolute atomic E-state index is 13.6. The van der Waals surface area contributed by atoms with E-state index in [1.54, 1.807) is 45.2 Å². The third kappa shape index (κ3) is 5.19. The molecule has 1 N–H and O–H groups in total. The van der Waals surface area contributed by atoms with E-state index in [4.69, 9.17) is 0 Å². The van der Waals surface area contributed by atoms with E-state index in [9.17, 15) is 26.4 Å². The van der Waals surface area contributed by atoms with Gasteiger partial charge in [-0.25, -0.2) is 8.42 Å². The fraction of sp³-hybridized carbons (Fsp3) is 0.273. The number of nitrogens with one attached hydrogen (secondary N) is 1. The number of hydrogen-bond donors (Lipinski definition) is 1. The minimum absolute atomic E-state index is 0.00657. The van der Waals surface area contributed by atoms with E-state index in [2.05, 4.69) is 10.4 Å². The van der Waals surface area contributed by atoms with Crippen LogP contribution in [0.4, 0.5) is 24.5 Å². The first-order valence-electron chi connectivity index (χ1n) is 9.87. The molecular formula is C22H23F3N4O3S. The Kier molecular flexibility index (Phi) is 6.55. The van der Waals surface area contributed by atoms with Gasteiger partial charge in [-0.05, 0) is 57.2 Å². The number of sulfonamides is 1. The second kappa shape index (κ2) is 8.89. The number of halogens is 3. The zero-order chi connectivity index (χ0) is 24.6. The number of alkyl halides is 3. The van der Waals surface area contributed by atoms with Crippen molar-refractivity contribution in [2.75, 3.05) is 16.2 Å². The van der Waals surface area contributed by atoms with Crippen molar-refractivity contribution in [3.63, 3.8) is 0 Å². The molecule has 0 aliphatic heterocycles. The van der Waals surface area contributed by atoms with Crippen LogP contribution < -0.4 is 9.62 Å². The van der Waals surface area contributed by atoms with E-state index in [1.807, 2.05) is 6.92 Å². The van der Waals surface area contributed by atoms with Crippen molar-refractivity contribution in [1.29, 1.82) is 0 Å². The molecule has 3 rings (SSSR count). The van der Waals surface area contributed by atoms with E-state index >= 15 is 0 Å². The molecule has 33 heavy (non-hydrogen) atoms. The Labute approximate surface area is 189 Å². The molecule has 0 fully saturated rings. The van der Waals surface area contributed by atoms with Crippen LogP contribution in [-0.4, -0.2) is 30.7 Å². The first-order chi connectivity index (χ1) is 15.3. The summed E-state index contributed by atoms with van der Waals surface area (Å²) in [7, 11) is -2.56. The van der Waals surface area contributed by atoms with Crippen molar-refractivity contribution in [2.45, 2.75) is 31.8 Å². The number of aromatic nitrogens is 2. The van der Waals surface area contributed by atoms with Gasteiger partial charge in [0.1, 0.15) is 11.4 Å². The quantitative estimate of drug-likeness (QED) is 0.573. The molecule has 0 atom stereocenters. The zero-order valence-corrected chi connectivity index (χ0v) is 19.3. The minimum Gasteiger partial charge on any atom is -0.325 e. The van der Waals surface area contributed by atoms with Crippen LogP contribution in [0.25, 0.3) is 0 Å². The van der Waals surface area contributed by atoms with Crippen molar-refractivity contribution in [3.8, 4) is 0 Å². The average Bonchev–Trinajstić information content (AvgIpc) is 2.98. The second-order valence-corrected chi connectivity index (χ2v) is 9.39. The smallest absolute Gasteiger partial charge is 0.325 e. The number of nitrogens with zero attached hydrogens (tertiary/aromatic N) is 3. The molecule has 0 radical (unpaired) electrons. The lowest BCUT2D eigenvalue weighted by Crippen LogP contribution is -2.38. The number of benzene rings is 2. The fourth-order valence-corrected chi connectivity index (χ4v) is 5.16. The lowest BCUT2D eigenvalue weighted by atomic mass is 10.2. The standard InChI is InChI=1S/C22H23F3N4O3S/c1-14-5-11-19(12-6-14)29(33(31,32)21-15(2)27-28(4)16(21)3)13-20(30)26-18-9-7-17(8-10-18)22(23,24)25/h5-12H,13H2,1-4H3,(H,26,30). The first kappa shape index (κ1) is 24.3. The molecule has 0 aliphatic rings. The number of carbonyl (C=O) groups is 1. The summed E-state index contributed by atoms with van der Waals surface area (Å²) >= 11 is 0. The first-order valence-corrected chi connectivity index (χ1v) is 11.3. The lowest BCUT2D eigenvalue weighted by molar-refractivity contribution is -0.137. The molecule has 2 aromatic carbocycles. The molecule has 3 aromatic rings. The van der Waals surface area contributed by atoms with Crippen LogP contribution in [0.3, 0.4) is 0 Å². The van der Waals surface area contributed by atoms with Gasteiger partial charge in [-0.2, -0.15) is 18.3 Å². The number of aryl methyl sites for hydroxylation is 3. The van der Waals surface area contributed by atoms with Crippen LogP contribution in [-0.2, 0) is 28.0 Å². The molecule has 0 aliphatic carbocycles. The van der Waals surface area contributed by atoms with Gasteiger partial charge in [0.05, 0.1) is 22.6 Å². The maximum atomic E-state index is 13.6. The van der Waals surface area contributed by atoms with Crippen molar-refractivity contribution >= 4 is 27.3 Å².